The van der Waals surface area contributed by atoms with Gasteiger partial charge in [0.25, 0.3) is 0 Å². The van der Waals surface area contributed by atoms with Gasteiger partial charge in [0, 0.05) is 26.2 Å². The number of aromatic nitrogens is 1. The van der Waals surface area contributed by atoms with Crippen LogP contribution in [0.15, 0.2) is 21.8 Å². The van der Waals surface area contributed by atoms with Gasteiger partial charge < -0.3 is 14.7 Å². The number of hydrogen-bond donors (Lipinski definition) is 1. The van der Waals surface area contributed by atoms with E-state index in [0.29, 0.717) is 12.6 Å². The van der Waals surface area contributed by atoms with E-state index in [1.807, 2.05) is 18.0 Å². The molecule has 1 aliphatic carbocycles. The Hall–Kier alpha value is -0.790. The summed E-state index contributed by atoms with van der Waals surface area (Å²) in [6.45, 7) is 2.94. The third kappa shape index (κ3) is 3.86. The van der Waals surface area contributed by atoms with Crippen molar-refractivity contribution in [2.75, 3.05) is 14.1 Å². The molecule has 1 fully saturated rings. The van der Waals surface area contributed by atoms with Crippen LogP contribution in [0, 0.1) is 5.92 Å². The quantitative estimate of drug-likeness (QED) is 0.512. The Bertz CT molecular complexity index is 366. The second-order valence-corrected chi connectivity index (χ2v) is 4.36. The molecule has 0 saturated heterocycles. The van der Waals surface area contributed by atoms with Gasteiger partial charge in [-0.05, 0) is 12.3 Å². The van der Waals surface area contributed by atoms with Gasteiger partial charge in [-0.2, -0.15) is 0 Å². The van der Waals surface area contributed by atoms with Crippen LogP contribution in [0.3, 0.4) is 0 Å². The summed E-state index contributed by atoms with van der Waals surface area (Å²) < 4.78 is 4.80. The summed E-state index contributed by atoms with van der Waals surface area (Å²) in [5.74, 6) is 1.68. The maximum atomic E-state index is 4.80. The van der Waals surface area contributed by atoms with E-state index in [9.17, 15) is 0 Å². The monoisotopic (exact) mass is 350 g/mol. The summed E-state index contributed by atoms with van der Waals surface area (Å²) in [6.07, 6.45) is 2.82. The summed E-state index contributed by atoms with van der Waals surface area (Å²) >= 11 is 0. The van der Waals surface area contributed by atoms with Crippen molar-refractivity contribution < 1.29 is 4.52 Å². The molecule has 2 unspecified atom stereocenters. The molecule has 1 aromatic rings. The SMILES string of the molecule is CN=C(NC1CC1C)N(C)Cc1ccon1.I. The third-order valence-corrected chi connectivity index (χ3v) is 2.89. The predicted octanol–water partition coefficient (Wildman–Crippen LogP) is 1.71. The first kappa shape index (κ1) is 14.3. The van der Waals surface area contributed by atoms with Crippen LogP contribution in [0.1, 0.15) is 19.0 Å². The van der Waals surface area contributed by atoms with Crippen LogP contribution < -0.4 is 5.32 Å². The molecule has 1 heterocycles. The maximum Gasteiger partial charge on any atom is 0.193 e. The second kappa shape index (κ2) is 6.23. The van der Waals surface area contributed by atoms with E-state index in [2.05, 4.69) is 22.4 Å². The Balaban J connectivity index is 0.00000144. The van der Waals surface area contributed by atoms with Gasteiger partial charge in [-0.15, -0.1) is 24.0 Å². The molecule has 2 rings (SSSR count). The molecule has 0 aliphatic heterocycles. The van der Waals surface area contributed by atoms with Crippen LogP contribution in [-0.4, -0.2) is 36.2 Å². The molecule has 0 spiro atoms. The van der Waals surface area contributed by atoms with Crippen LogP contribution in [0.4, 0.5) is 0 Å². The van der Waals surface area contributed by atoms with Crippen molar-refractivity contribution >= 4 is 29.9 Å². The van der Waals surface area contributed by atoms with Crippen molar-refractivity contribution in [3.8, 4) is 0 Å². The molecule has 96 valence electrons. The molecule has 6 heteroatoms. The van der Waals surface area contributed by atoms with Crippen LogP contribution in [0.5, 0.6) is 0 Å². The molecule has 2 atom stereocenters. The van der Waals surface area contributed by atoms with Gasteiger partial charge in [0.15, 0.2) is 5.96 Å². The van der Waals surface area contributed by atoms with Crippen LogP contribution in [-0.2, 0) is 6.54 Å². The van der Waals surface area contributed by atoms with Crippen LogP contribution >= 0.6 is 24.0 Å². The number of guanidine groups is 1. The molecule has 5 nitrogen and oxygen atoms in total. The first-order chi connectivity index (χ1) is 7.70. The van der Waals surface area contributed by atoms with Crippen molar-refractivity contribution in [2.45, 2.75) is 25.9 Å². The normalized spacial score (nSPS) is 22.9. The maximum absolute atomic E-state index is 4.80. The molecule has 1 saturated carbocycles. The van der Waals surface area contributed by atoms with E-state index < -0.39 is 0 Å². The highest BCUT2D eigenvalue weighted by molar-refractivity contribution is 14.0. The summed E-state index contributed by atoms with van der Waals surface area (Å²) in [6, 6.07) is 2.45. The number of rotatable bonds is 3. The van der Waals surface area contributed by atoms with Crippen molar-refractivity contribution in [3.63, 3.8) is 0 Å². The largest absolute Gasteiger partial charge is 0.364 e. The molecule has 0 bridgehead atoms. The summed E-state index contributed by atoms with van der Waals surface area (Å²) in [5.41, 5.74) is 0.911. The van der Waals surface area contributed by atoms with E-state index in [1.54, 1.807) is 13.3 Å². The number of halogens is 1. The van der Waals surface area contributed by atoms with E-state index in [4.69, 9.17) is 4.52 Å². The minimum absolute atomic E-state index is 0. The average molecular weight is 350 g/mol. The smallest absolute Gasteiger partial charge is 0.193 e. The standard InChI is InChI=1S/C11H18N4O.HI/c1-8-6-10(8)13-11(12-2)15(3)7-9-4-5-16-14-9;/h4-5,8,10H,6-7H2,1-3H3,(H,12,13);1H. The predicted molar refractivity (Wildman–Crippen MR) is 77.4 cm³/mol. The lowest BCUT2D eigenvalue weighted by molar-refractivity contribution is 0.391. The third-order valence-electron chi connectivity index (χ3n) is 2.89. The Morgan fingerprint density at radius 2 is 2.41 bits per heavy atom. The zero-order chi connectivity index (χ0) is 11.5. The highest BCUT2D eigenvalue weighted by Gasteiger charge is 2.33. The lowest BCUT2D eigenvalue weighted by atomic mass is 10.4. The Morgan fingerprint density at radius 3 is 2.88 bits per heavy atom. The summed E-state index contributed by atoms with van der Waals surface area (Å²) in [7, 11) is 3.80. The van der Waals surface area contributed by atoms with Crippen molar-refractivity contribution in [3.05, 3.63) is 18.0 Å². The zero-order valence-corrected chi connectivity index (χ0v) is 12.7. The van der Waals surface area contributed by atoms with Gasteiger partial charge in [0.2, 0.25) is 0 Å². The van der Waals surface area contributed by atoms with Crippen molar-refractivity contribution in [2.24, 2.45) is 10.9 Å². The Morgan fingerprint density at radius 1 is 1.71 bits per heavy atom. The van der Waals surface area contributed by atoms with Crippen LogP contribution in [0.25, 0.3) is 0 Å². The lowest BCUT2D eigenvalue weighted by Crippen LogP contribution is -2.40. The first-order valence-electron chi connectivity index (χ1n) is 5.54. The fourth-order valence-corrected chi connectivity index (χ4v) is 1.67. The fraction of sp³-hybridized carbons (Fsp3) is 0.636. The van der Waals surface area contributed by atoms with Crippen molar-refractivity contribution in [1.82, 2.24) is 15.4 Å². The Labute approximate surface area is 119 Å². The van der Waals surface area contributed by atoms with Gasteiger partial charge in [-0.25, -0.2) is 0 Å². The van der Waals surface area contributed by atoms with E-state index in [-0.39, 0.29) is 24.0 Å². The topological polar surface area (TPSA) is 53.7 Å². The van der Waals surface area contributed by atoms with E-state index in [1.165, 1.54) is 6.42 Å². The lowest BCUT2D eigenvalue weighted by Gasteiger charge is -2.20. The Kier molecular flexibility index (Phi) is 5.23. The minimum Gasteiger partial charge on any atom is -0.364 e. The highest BCUT2D eigenvalue weighted by Crippen LogP contribution is 2.29. The molecule has 1 aromatic heterocycles. The fourth-order valence-electron chi connectivity index (χ4n) is 1.67. The molecule has 17 heavy (non-hydrogen) atoms. The number of aliphatic imine (C=N–C) groups is 1. The molecular formula is C11H19IN4O. The second-order valence-electron chi connectivity index (χ2n) is 4.36. The molecule has 1 N–H and O–H groups in total. The van der Waals surface area contributed by atoms with E-state index in [0.717, 1.165) is 17.6 Å². The van der Waals surface area contributed by atoms with Gasteiger partial charge >= 0.3 is 0 Å². The summed E-state index contributed by atoms with van der Waals surface area (Å²) in [4.78, 5) is 6.30. The van der Waals surface area contributed by atoms with Gasteiger partial charge in [0.05, 0.1) is 6.54 Å². The van der Waals surface area contributed by atoms with E-state index >= 15 is 0 Å². The number of hydrogen-bond acceptors (Lipinski definition) is 3. The minimum atomic E-state index is 0. The summed E-state index contributed by atoms with van der Waals surface area (Å²) in [5, 5.41) is 7.30. The number of nitrogens with zero attached hydrogens (tertiary/aromatic N) is 3. The number of nitrogens with one attached hydrogen (secondary N) is 1. The molecule has 1 aliphatic rings. The molecule has 0 radical (unpaired) electrons. The van der Waals surface area contributed by atoms with Gasteiger partial charge in [0.1, 0.15) is 12.0 Å². The molecule has 0 aromatic carbocycles. The first-order valence-corrected chi connectivity index (χ1v) is 5.54. The van der Waals surface area contributed by atoms with Gasteiger partial charge in [-0.1, -0.05) is 12.1 Å². The average Bonchev–Trinajstić information content (AvgIpc) is 2.76. The highest BCUT2D eigenvalue weighted by atomic mass is 127. The van der Waals surface area contributed by atoms with Gasteiger partial charge in [-0.3, -0.25) is 4.99 Å². The molecule has 0 amide bonds. The van der Waals surface area contributed by atoms with Crippen molar-refractivity contribution in [1.29, 1.82) is 0 Å². The molecular weight excluding hydrogens is 331 g/mol. The van der Waals surface area contributed by atoms with Crippen LogP contribution in [0.2, 0.25) is 0 Å². The zero-order valence-electron chi connectivity index (χ0n) is 10.4.